The highest BCUT2D eigenvalue weighted by atomic mass is 16.5. The Morgan fingerprint density at radius 2 is 2.08 bits per heavy atom. The number of ether oxygens (including phenoxy) is 1. The van der Waals surface area contributed by atoms with Crippen molar-refractivity contribution in [1.82, 2.24) is 5.32 Å². The van der Waals surface area contributed by atoms with Crippen LogP contribution in [0.5, 0.6) is 0 Å². The van der Waals surface area contributed by atoms with Crippen LogP contribution in [0, 0.1) is 11.8 Å². The molecule has 1 heterocycles. The molecule has 0 spiro atoms. The maximum absolute atomic E-state index is 5.41. The molecule has 1 saturated heterocycles. The lowest BCUT2D eigenvalue weighted by molar-refractivity contribution is 0.183. The average molecular weight is 181 g/mol. The lowest BCUT2D eigenvalue weighted by Gasteiger charge is -2.18. The Labute approximate surface area is 80.4 Å². The molecule has 2 heteroatoms. The molecule has 2 aliphatic rings. The number of rotatable bonds is 3. The lowest BCUT2D eigenvalue weighted by Crippen LogP contribution is -2.37. The quantitative estimate of drug-likeness (QED) is 0.667. The van der Waals surface area contributed by atoms with Crippen molar-refractivity contribution in [2.45, 2.75) is 25.8 Å². The highest BCUT2D eigenvalue weighted by Gasteiger charge is 2.24. The topological polar surface area (TPSA) is 21.3 Å². The number of hydrogen-bond acceptors (Lipinski definition) is 2. The Morgan fingerprint density at radius 1 is 1.31 bits per heavy atom. The van der Waals surface area contributed by atoms with Gasteiger partial charge in [0.25, 0.3) is 0 Å². The van der Waals surface area contributed by atoms with Gasteiger partial charge in [0.1, 0.15) is 0 Å². The van der Waals surface area contributed by atoms with Gasteiger partial charge < -0.3 is 10.1 Å². The van der Waals surface area contributed by atoms with Gasteiger partial charge in [-0.3, -0.25) is 0 Å². The van der Waals surface area contributed by atoms with Gasteiger partial charge >= 0.3 is 0 Å². The Bertz CT molecular complexity index is 183. The predicted octanol–water partition coefficient (Wildman–Crippen LogP) is 1.58. The van der Waals surface area contributed by atoms with E-state index >= 15 is 0 Å². The molecule has 2 nitrogen and oxygen atoms in total. The summed E-state index contributed by atoms with van der Waals surface area (Å²) in [4.78, 5) is 0. The molecule has 0 radical (unpaired) electrons. The molecule has 74 valence electrons. The third kappa shape index (κ3) is 2.32. The van der Waals surface area contributed by atoms with Crippen LogP contribution >= 0.6 is 0 Å². The molecule has 0 bridgehead atoms. The predicted molar refractivity (Wildman–Crippen MR) is 53.6 cm³/mol. The molecular weight excluding hydrogens is 162 g/mol. The molecule has 0 aromatic heterocycles. The van der Waals surface area contributed by atoms with Crippen LogP contribution in [-0.4, -0.2) is 25.8 Å². The Kier molecular flexibility index (Phi) is 3.01. The molecule has 2 unspecified atom stereocenters. The van der Waals surface area contributed by atoms with Crippen molar-refractivity contribution >= 4 is 0 Å². The summed E-state index contributed by atoms with van der Waals surface area (Å²) in [5, 5.41) is 3.61. The first-order valence-corrected chi connectivity index (χ1v) is 5.32. The van der Waals surface area contributed by atoms with Crippen LogP contribution in [0.2, 0.25) is 0 Å². The molecule has 1 aliphatic carbocycles. The second-order valence-electron chi connectivity index (χ2n) is 4.34. The fourth-order valence-electron chi connectivity index (χ4n) is 2.08. The van der Waals surface area contributed by atoms with E-state index in [1.165, 1.54) is 12.8 Å². The summed E-state index contributed by atoms with van der Waals surface area (Å²) in [6.07, 6.45) is 7.10. The van der Waals surface area contributed by atoms with Gasteiger partial charge in [-0.25, -0.2) is 0 Å². The Morgan fingerprint density at radius 3 is 2.69 bits per heavy atom. The summed E-state index contributed by atoms with van der Waals surface area (Å²) < 4.78 is 5.41. The van der Waals surface area contributed by atoms with E-state index in [1.807, 2.05) is 0 Å². The Hall–Kier alpha value is -0.340. The summed E-state index contributed by atoms with van der Waals surface area (Å²) in [7, 11) is 0. The first kappa shape index (κ1) is 9.22. The lowest BCUT2D eigenvalue weighted by atomic mass is 10.0. The van der Waals surface area contributed by atoms with E-state index < -0.39 is 0 Å². The Balaban J connectivity index is 1.67. The van der Waals surface area contributed by atoms with Crippen LogP contribution in [0.25, 0.3) is 0 Å². The van der Waals surface area contributed by atoms with E-state index in [0.29, 0.717) is 12.0 Å². The second-order valence-corrected chi connectivity index (χ2v) is 4.34. The van der Waals surface area contributed by atoms with Crippen molar-refractivity contribution in [3.8, 4) is 0 Å². The largest absolute Gasteiger partial charge is 0.379 e. The third-order valence-electron chi connectivity index (χ3n) is 3.14. The first-order chi connectivity index (χ1) is 6.36. The molecular formula is C11H19NO. The molecule has 13 heavy (non-hydrogen) atoms. The van der Waals surface area contributed by atoms with Crippen molar-refractivity contribution in [3.05, 3.63) is 12.2 Å². The van der Waals surface area contributed by atoms with Gasteiger partial charge in [0.2, 0.25) is 0 Å². The van der Waals surface area contributed by atoms with Gasteiger partial charge in [-0.15, -0.1) is 0 Å². The van der Waals surface area contributed by atoms with Crippen LogP contribution in [0.1, 0.15) is 19.8 Å². The maximum Gasteiger partial charge on any atom is 0.0623 e. The minimum Gasteiger partial charge on any atom is -0.379 e. The van der Waals surface area contributed by atoms with Gasteiger partial charge in [-0.1, -0.05) is 19.1 Å². The second kappa shape index (κ2) is 4.25. The van der Waals surface area contributed by atoms with Crippen LogP contribution in [-0.2, 0) is 4.74 Å². The standard InChI is InChI=1S/C11H19NO/c1-9-7-13-8-11(9)12-6-10-4-2-3-5-10/h2-3,9-12H,4-8H2,1H3. The zero-order chi connectivity index (χ0) is 9.10. The van der Waals surface area contributed by atoms with Gasteiger partial charge in [0.05, 0.1) is 13.2 Å². The zero-order valence-electron chi connectivity index (χ0n) is 8.33. The van der Waals surface area contributed by atoms with Crippen LogP contribution in [0.4, 0.5) is 0 Å². The van der Waals surface area contributed by atoms with Crippen molar-refractivity contribution in [2.75, 3.05) is 19.8 Å². The van der Waals surface area contributed by atoms with Gasteiger partial charge in [-0.2, -0.15) is 0 Å². The van der Waals surface area contributed by atoms with E-state index in [-0.39, 0.29) is 0 Å². The van der Waals surface area contributed by atoms with Crippen molar-refractivity contribution in [1.29, 1.82) is 0 Å². The SMILES string of the molecule is CC1COCC1NCC1CC=CC1. The molecule has 2 rings (SSSR count). The fourth-order valence-corrected chi connectivity index (χ4v) is 2.08. The van der Waals surface area contributed by atoms with Crippen molar-refractivity contribution < 1.29 is 4.74 Å². The van der Waals surface area contributed by atoms with Gasteiger partial charge in [0, 0.05) is 6.04 Å². The van der Waals surface area contributed by atoms with Crippen molar-refractivity contribution in [2.24, 2.45) is 11.8 Å². The summed E-state index contributed by atoms with van der Waals surface area (Å²) in [5.74, 6) is 1.53. The van der Waals surface area contributed by atoms with E-state index in [1.54, 1.807) is 0 Å². The smallest absolute Gasteiger partial charge is 0.0623 e. The van der Waals surface area contributed by atoms with E-state index in [2.05, 4.69) is 24.4 Å². The van der Waals surface area contributed by atoms with E-state index in [0.717, 1.165) is 25.7 Å². The molecule has 1 fully saturated rings. The van der Waals surface area contributed by atoms with Gasteiger partial charge in [-0.05, 0) is 31.2 Å². The van der Waals surface area contributed by atoms with E-state index in [4.69, 9.17) is 4.74 Å². The molecule has 0 saturated carbocycles. The molecule has 0 aromatic carbocycles. The minimum atomic E-state index is 0.598. The average Bonchev–Trinajstić information content (AvgIpc) is 2.72. The normalized spacial score (nSPS) is 34.5. The number of nitrogens with one attached hydrogen (secondary N) is 1. The summed E-state index contributed by atoms with van der Waals surface area (Å²) in [5.41, 5.74) is 0. The monoisotopic (exact) mass is 181 g/mol. The molecule has 2 atom stereocenters. The highest BCUT2D eigenvalue weighted by Crippen LogP contribution is 2.18. The molecule has 1 aliphatic heterocycles. The molecule has 0 aromatic rings. The minimum absolute atomic E-state index is 0.598. The highest BCUT2D eigenvalue weighted by molar-refractivity contribution is 4.95. The number of hydrogen-bond donors (Lipinski definition) is 1. The fraction of sp³-hybridized carbons (Fsp3) is 0.818. The summed E-state index contributed by atoms with van der Waals surface area (Å²) in [6.45, 7) is 5.25. The van der Waals surface area contributed by atoms with Crippen LogP contribution < -0.4 is 5.32 Å². The van der Waals surface area contributed by atoms with Gasteiger partial charge in [0.15, 0.2) is 0 Å². The van der Waals surface area contributed by atoms with Crippen LogP contribution in [0.15, 0.2) is 12.2 Å². The number of allylic oxidation sites excluding steroid dienone is 2. The maximum atomic E-state index is 5.41. The summed E-state index contributed by atoms with van der Waals surface area (Å²) in [6, 6.07) is 0.598. The van der Waals surface area contributed by atoms with Crippen molar-refractivity contribution in [3.63, 3.8) is 0 Å². The molecule has 1 N–H and O–H groups in total. The zero-order valence-corrected chi connectivity index (χ0v) is 8.33. The summed E-state index contributed by atoms with van der Waals surface area (Å²) >= 11 is 0. The third-order valence-corrected chi connectivity index (χ3v) is 3.14. The molecule has 0 amide bonds. The first-order valence-electron chi connectivity index (χ1n) is 5.32. The van der Waals surface area contributed by atoms with Crippen LogP contribution in [0.3, 0.4) is 0 Å². The van der Waals surface area contributed by atoms with E-state index in [9.17, 15) is 0 Å².